The molecule has 3 atom stereocenters. The lowest BCUT2D eigenvalue weighted by atomic mass is 10.0. The van der Waals surface area contributed by atoms with Crippen molar-refractivity contribution in [2.75, 3.05) is 5.75 Å². The number of amides is 1. The zero-order valence-electron chi connectivity index (χ0n) is 29.6. The molecular weight excluding hydrogens is 598 g/mol. The molecule has 8 heteroatoms. The second-order valence-electron chi connectivity index (χ2n) is 13.0. The zero-order valence-corrected chi connectivity index (χ0v) is 30.4. The number of nitrogens with one attached hydrogen (secondary N) is 1. The Labute approximate surface area is 283 Å². The summed E-state index contributed by atoms with van der Waals surface area (Å²) < 4.78 is 32.3. The Kier molecular flexibility index (Phi) is 31.1. The van der Waals surface area contributed by atoms with E-state index in [9.17, 15) is 28.0 Å². The number of allylic oxidation sites excluding steroid dienone is 5. The molecule has 46 heavy (non-hydrogen) atoms. The average molecular weight is 670 g/mol. The molecular formula is C38H71NO6S. The number of aliphatic hydroxyl groups is 2. The standard InChI is InChI=1S/C38H71NO6S/c1-3-5-7-9-11-13-14-15-16-17-18-19-20-21-22-23-25-26-28-30-32-36(40)35(34-46(43,44)45)39-38(42)37(41)33-31-29-27-24-12-10-8-6-4-2/h10,12,23,25,30,32,35-37,40-41H,3-9,11,13-22,24,26-29,31,33-34H2,1-2H3,(H,39,42)(H,43,44,45)/b12-10-,25-23+,32-30+. The molecule has 0 radical (unpaired) electrons. The number of carbonyl (C=O) groups excluding carboxylic acids is 1. The van der Waals surface area contributed by atoms with Crippen LogP contribution in [0.25, 0.3) is 0 Å². The summed E-state index contributed by atoms with van der Waals surface area (Å²) in [6, 6.07) is -1.25. The zero-order chi connectivity index (χ0) is 34.1. The van der Waals surface area contributed by atoms with Crippen molar-refractivity contribution in [1.29, 1.82) is 0 Å². The Morgan fingerprint density at radius 2 is 1.00 bits per heavy atom. The molecule has 0 saturated heterocycles. The smallest absolute Gasteiger partial charge is 0.267 e. The third kappa shape index (κ3) is 31.1. The Hall–Kier alpha value is -1.48. The number of carbonyl (C=O) groups is 1. The molecule has 270 valence electrons. The lowest BCUT2D eigenvalue weighted by molar-refractivity contribution is -0.130. The molecule has 0 saturated carbocycles. The van der Waals surface area contributed by atoms with Gasteiger partial charge in [-0.3, -0.25) is 9.35 Å². The van der Waals surface area contributed by atoms with Gasteiger partial charge in [-0.15, -0.1) is 0 Å². The minimum absolute atomic E-state index is 0.252. The van der Waals surface area contributed by atoms with Crippen LogP contribution in [0.5, 0.6) is 0 Å². The van der Waals surface area contributed by atoms with Gasteiger partial charge < -0.3 is 15.5 Å². The van der Waals surface area contributed by atoms with Crippen molar-refractivity contribution in [2.45, 2.75) is 193 Å². The van der Waals surface area contributed by atoms with Crippen LogP contribution in [-0.2, 0) is 14.9 Å². The second-order valence-corrected chi connectivity index (χ2v) is 14.5. The molecule has 0 aromatic carbocycles. The lowest BCUT2D eigenvalue weighted by Crippen LogP contribution is -2.50. The second kappa shape index (κ2) is 32.1. The summed E-state index contributed by atoms with van der Waals surface area (Å²) in [5, 5.41) is 23.2. The molecule has 0 aromatic rings. The summed E-state index contributed by atoms with van der Waals surface area (Å²) in [6.45, 7) is 4.43. The van der Waals surface area contributed by atoms with Crippen LogP contribution in [0.1, 0.15) is 174 Å². The van der Waals surface area contributed by atoms with Gasteiger partial charge in [0.25, 0.3) is 10.1 Å². The number of aliphatic hydroxyl groups excluding tert-OH is 2. The van der Waals surface area contributed by atoms with Crippen molar-refractivity contribution in [3.05, 3.63) is 36.5 Å². The molecule has 0 rings (SSSR count). The largest absolute Gasteiger partial charge is 0.387 e. The van der Waals surface area contributed by atoms with E-state index < -0.39 is 40.0 Å². The highest BCUT2D eigenvalue weighted by molar-refractivity contribution is 7.85. The molecule has 0 bridgehead atoms. The van der Waals surface area contributed by atoms with Gasteiger partial charge in [-0.1, -0.05) is 159 Å². The first-order chi connectivity index (χ1) is 22.2. The first-order valence-corrected chi connectivity index (χ1v) is 20.4. The van der Waals surface area contributed by atoms with E-state index in [-0.39, 0.29) is 6.42 Å². The Balaban J connectivity index is 4.10. The molecule has 7 nitrogen and oxygen atoms in total. The average Bonchev–Trinajstić information content (AvgIpc) is 3.01. The molecule has 0 aromatic heterocycles. The van der Waals surface area contributed by atoms with Crippen molar-refractivity contribution in [1.82, 2.24) is 5.32 Å². The summed E-state index contributed by atoms with van der Waals surface area (Å²) in [5.41, 5.74) is 0. The van der Waals surface area contributed by atoms with E-state index in [0.717, 1.165) is 38.5 Å². The quantitative estimate of drug-likeness (QED) is 0.0313. The van der Waals surface area contributed by atoms with Crippen LogP contribution in [0.3, 0.4) is 0 Å². The van der Waals surface area contributed by atoms with Crippen LogP contribution in [0.15, 0.2) is 36.5 Å². The molecule has 0 aliphatic carbocycles. The van der Waals surface area contributed by atoms with Crippen molar-refractivity contribution < 1.29 is 28.0 Å². The van der Waals surface area contributed by atoms with Crippen molar-refractivity contribution in [3.8, 4) is 0 Å². The molecule has 0 aliphatic rings. The SMILES string of the molecule is CCCC/C=C\CCCCCC(O)C(=O)NC(CS(=O)(=O)O)C(O)/C=C/CC/C=C/CCCCCCCCCCCCCCCC. The van der Waals surface area contributed by atoms with Gasteiger partial charge in [0, 0.05) is 0 Å². The fourth-order valence-electron chi connectivity index (χ4n) is 5.45. The third-order valence-corrected chi connectivity index (χ3v) is 9.18. The minimum Gasteiger partial charge on any atom is -0.387 e. The molecule has 1 amide bonds. The van der Waals surface area contributed by atoms with Gasteiger partial charge in [-0.25, -0.2) is 0 Å². The molecule has 0 heterocycles. The van der Waals surface area contributed by atoms with Crippen LogP contribution >= 0.6 is 0 Å². The van der Waals surface area contributed by atoms with Crippen molar-refractivity contribution >= 4 is 16.0 Å². The van der Waals surface area contributed by atoms with Gasteiger partial charge in [-0.2, -0.15) is 8.42 Å². The molecule has 0 fully saturated rings. The fraction of sp³-hybridized carbons (Fsp3) is 0.816. The van der Waals surface area contributed by atoms with Crippen LogP contribution in [0, 0.1) is 0 Å². The molecule has 4 N–H and O–H groups in total. The molecule has 3 unspecified atom stereocenters. The maximum absolute atomic E-state index is 12.5. The van der Waals surface area contributed by atoms with E-state index in [1.807, 2.05) is 0 Å². The van der Waals surface area contributed by atoms with Crippen molar-refractivity contribution in [2.24, 2.45) is 0 Å². The van der Waals surface area contributed by atoms with E-state index in [4.69, 9.17) is 0 Å². The predicted octanol–water partition coefficient (Wildman–Crippen LogP) is 9.54. The first kappa shape index (κ1) is 44.5. The van der Waals surface area contributed by atoms with Gasteiger partial charge in [0.05, 0.1) is 17.9 Å². The maximum atomic E-state index is 12.5. The summed E-state index contributed by atoms with van der Waals surface area (Å²) in [6.07, 6.45) is 37.9. The fourth-order valence-corrected chi connectivity index (χ4v) is 6.19. The van der Waals surface area contributed by atoms with E-state index >= 15 is 0 Å². The van der Waals surface area contributed by atoms with Gasteiger partial charge >= 0.3 is 0 Å². The van der Waals surface area contributed by atoms with E-state index in [1.54, 1.807) is 6.08 Å². The van der Waals surface area contributed by atoms with Crippen LogP contribution in [-0.4, -0.2) is 53.1 Å². The van der Waals surface area contributed by atoms with Gasteiger partial charge in [0.1, 0.15) is 6.10 Å². The summed E-state index contributed by atoms with van der Waals surface area (Å²) in [5.74, 6) is -1.58. The maximum Gasteiger partial charge on any atom is 0.267 e. The number of hydrogen-bond donors (Lipinski definition) is 4. The highest BCUT2D eigenvalue weighted by Crippen LogP contribution is 2.14. The predicted molar refractivity (Wildman–Crippen MR) is 195 cm³/mol. The lowest BCUT2D eigenvalue weighted by Gasteiger charge is -2.22. The van der Waals surface area contributed by atoms with E-state index in [2.05, 4.69) is 43.5 Å². The summed E-state index contributed by atoms with van der Waals surface area (Å²) in [4.78, 5) is 12.5. The highest BCUT2D eigenvalue weighted by Gasteiger charge is 2.27. The van der Waals surface area contributed by atoms with Crippen LogP contribution in [0.4, 0.5) is 0 Å². The topological polar surface area (TPSA) is 124 Å². The number of unbranched alkanes of at least 4 members (excludes halogenated alkanes) is 20. The van der Waals surface area contributed by atoms with Gasteiger partial charge in [0.15, 0.2) is 0 Å². The minimum atomic E-state index is -4.45. The normalized spacial score (nSPS) is 14.5. The summed E-state index contributed by atoms with van der Waals surface area (Å²) in [7, 11) is -4.45. The van der Waals surface area contributed by atoms with Crippen molar-refractivity contribution in [3.63, 3.8) is 0 Å². The van der Waals surface area contributed by atoms with E-state index in [0.29, 0.717) is 12.8 Å². The number of hydrogen-bond acceptors (Lipinski definition) is 5. The van der Waals surface area contributed by atoms with Gasteiger partial charge in [-0.05, 0) is 51.4 Å². The first-order valence-electron chi connectivity index (χ1n) is 18.8. The van der Waals surface area contributed by atoms with Crippen LogP contribution in [0.2, 0.25) is 0 Å². The van der Waals surface area contributed by atoms with E-state index in [1.165, 1.54) is 109 Å². The molecule has 0 aliphatic heterocycles. The highest BCUT2D eigenvalue weighted by atomic mass is 32.2. The third-order valence-electron chi connectivity index (χ3n) is 8.40. The Bertz CT molecular complexity index is 886. The van der Waals surface area contributed by atoms with Gasteiger partial charge in [0.2, 0.25) is 5.91 Å². The number of rotatable bonds is 33. The Morgan fingerprint density at radius 3 is 1.50 bits per heavy atom. The monoisotopic (exact) mass is 670 g/mol. The molecule has 0 spiro atoms. The Morgan fingerprint density at radius 1 is 0.587 bits per heavy atom. The van der Waals surface area contributed by atoms with Crippen LogP contribution < -0.4 is 5.32 Å². The summed E-state index contributed by atoms with van der Waals surface area (Å²) >= 11 is 0.